The number of rotatable bonds is 5. The first-order valence-corrected chi connectivity index (χ1v) is 4.89. The van der Waals surface area contributed by atoms with Crippen molar-refractivity contribution in [2.24, 2.45) is 5.41 Å². The summed E-state index contributed by atoms with van der Waals surface area (Å²) in [5.74, 6) is -1.76. The minimum Gasteiger partial charge on any atom is -0.478 e. The van der Waals surface area contributed by atoms with Crippen LogP contribution in [0.15, 0.2) is 12.2 Å². The first kappa shape index (κ1) is 13.7. The van der Waals surface area contributed by atoms with Gasteiger partial charge in [0.05, 0.1) is 6.61 Å². The number of aliphatic carboxylic acids is 1. The fourth-order valence-electron chi connectivity index (χ4n) is 0.963. The van der Waals surface area contributed by atoms with Crippen molar-refractivity contribution in [2.75, 3.05) is 6.61 Å². The Morgan fingerprint density at radius 3 is 2.33 bits per heavy atom. The Labute approximate surface area is 89.9 Å². The van der Waals surface area contributed by atoms with Crippen LogP contribution in [0.25, 0.3) is 0 Å². The lowest BCUT2D eigenvalue weighted by Gasteiger charge is -2.17. The highest BCUT2D eigenvalue weighted by Crippen LogP contribution is 2.20. The first-order chi connectivity index (χ1) is 6.81. The zero-order chi connectivity index (χ0) is 11.9. The van der Waals surface area contributed by atoms with Crippen LogP contribution in [0.3, 0.4) is 0 Å². The van der Waals surface area contributed by atoms with Gasteiger partial charge in [-0.05, 0) is 18.3 Å². The Morgan fingerprint density at radius 2 is 1.87 bits per heavy atom. The fraction of sp³-hybridized carbons (Fsp3) is 0.636. The molecule has 0 aliphatic heterocycles. The second-order valence-electron chi connectivity index (χ2n) is 4.50. The molecule has 0 aromatic rings. The zero-order valence-corrected chi connectivity index (χ0v) is 9.45. The molecule has 15 heavy (non-hydrogen) atoms. The number of carbonyl (C=O) groups excluding carboxylic acids is 1. The van der Waals surface area contributed by atoms with E-state index in [-0.39, 0.29) is 5.41 Å². The SMILES string of the molecule is CC(C)(C)CCCOC(=O)/C=C\C(=O)O. The van der Waals surface area contributed by atoms with E-state index in [9.17, 15) is 9.59 Å². The van der Waals surface area contributed by atoms with Crippen LogP contribution >= 0.6 is 0 Å². The summed E-state index contributed by atoms with van der Waals surface area (Å²) in [6.07, 6.45) is 3.44. The highest BCUT2D eigenvalue weighted by molar-refractivity contribution is 5.90. The van der Waals surface area contributed by atoms with Gasteiger partial charge in [-0.2, -0.15) is 0 Å². The molecule has 1 N–H and O–H groups in total. The molecular weight excluding hydrogens is 196 g/mol. The maximum atomic E-state index is 10.9. The third-order valence-corrected chi connectivity index (χ3v) is 1.68. The van der Waals surface area contributed by atoms with Crippen molar-refractivity contribution in [1.82, 2.24) is 0 Å². The second kappa shape index (κ2) is 6.22. The predicted molar refractivity (Wildman–Crippen MR) is 56.4 cm³/mol. The molecule has 0 radical (unpaired) electrons. The fourth-order valence-corrected chi connectivity index (χ4v) is 0.963. The van der Waals surface area contributed by atoms with Crippen molar-refractivity contribution in [3.63, 3.8) is 0 Å². The quantitative estimate of drug-likeness (QED) is 0.432. The average molecular weight is 214 g/mol. The number of esters is 1. The van der Waals surface area contributed by atoms with E-state index in [1.807, 2.05) is 0 Å². The van der Waals surface area contributed by atoms with Crippen LogP contribution in [0, 0.1) is 5.41 Å². The number of carbonyl (C=O) groups is 2. The van der Waals surface area contributed by atoms with E-state index in [0.717, 1.165) is 25.0 Å². The molecule has 0 bridgehead atoms. The second-order valence-corrected chi connectivity index (χ2v) is 4.50. The molecule has 0 saturated carbocycles. The highest BCUT2D eigenvalue weighted by Gasteiger charge is 2.09. The topological polar surface area (TPSA) is 63.6 Å². The molecule has 0 fully saturated rings. The van der Waals surface area contributed by atoms with E-state index in [1.165, 1.54) is 0 Å². The van der Waals surface area contributed by atoms with E-state index in [0.29, 0.717) is 6.61 Å². The van der Waals surface area contributed by atoms with E-state index in [1.54, 1.807) is 0 Å². The summed E-state index contributed by atoms with van der Waals surface area (Å²) in [7, 11) is 0. The lowest BCUT2D eigenvalue weighted by Crippen LogP contribution is -2.09. The van der Waals surface area contributed by atoms with Crippen molar-refractivity contribution < 1.29 is 19.4 Å². The molecule has 0 spiro atoms. The summed E-state index contributed by atoms with van der Waals surface area (Å²) in [4.78, 5) is 21.0. The summed E-state index contributed by atoms with van der Waals surface area (Å²) < 4.78 is 4.80. The van der Waals surface area contributed by atoms with E-state index < -0.39 is 11.9 Å². The van der Waals surface area contributed by atoms with Gasteiger partial charge in [-0.3, -0.25) is 0 Å². The van der Waals surface area contributed by atoms with Crippen LogP contribution in [-0.4, -0.2) is 23.7 Å². The number of hydrogen-bond acceptors (Lipinski definition) is 3. The third kappa shape index (κ3) is 10.6. The highest BCUT2D eigenvalue weighted by atomic mass is 16.5. The molecule has 0 aromatic carbocycles. The standard InChI is InChI=1S/C11H18O4/c1-11(2,3)7-4-8-15-10(14)6-5-9(12)13/h5-6H,4,7-8H2,1-3H3,(H,12,13)/b6-5-. The number of carboxylic acids is 1. The zero-order valence-electron chi connectivity index (χ0n) is 9.45. The van der Waals surface area contributed by atoms with Gasteiger partial charge in [0.15, 0.2) is 0 Å². The molecule has 0 aliphatic rings. The normalized spacial score (nSPS) is 11.7. The Bertz CT molecular complexity index is 248. The molecule has 4 heteroatoms. The van der Waals surface area contributed by atoms with Gasteiger partial charge in [0.1, 0.15) is 0 Å². The van der Waals surface area contributed by atoms with Gasteiger partial charge >= 0.3 is 11.9 Å². The average Bonchev–Trinajstić information content (AvgIpc) is 2.07. The molecule has 0 heterocycles. The number of hydrogen-bond donors (Lipinski definition) is 1. The molecule has 0 amide bonds. The summed E-state index contributed by atoms with van der Waals surface area (Å²) >= 11 is 0. The number of ether oxygens (including phenoxy) is 1. The van der Waals surface area contributed by atoms with Gasteiger partial charge in [-0.15, -0.1) is 0 Å². The van der Waals surface area contributed by atoms with Crippen molar-refractivity contribution in [3.8, 4) is 0 Å². The van der Waals surface area contributed by atoms with Crippen LogP contribution in [-0.2, 0) is 14.3 Å². The van der Waals surface area contributed by atoms with Gasteiger partial charge in [0.25, 0.3) is 0 Å². The predicted octanol–water partition coefficient (Wildman–Crippen LogP) is 2.00. The largest absolute Gasteiger partial charge is 0.478 e. The van der Waals surface area contributed by atoms with Gasteiger partial charge in [-0.1, -0.05) is 20.8 Å². The molecule has 0 saturated heterocycles. The van der Waals surface area contributed by atoms with Gasteiger partial charge in [0, 0.05) is 12.2 Å². The molecule has 0 aliphatic carbocycles. The molecule has 0 rings (SSSR count). The van der Waals surface area contributed by atoms with Crippen molar-refractivity contribution in [1.29, 1.82) is 0 Å². The van der Waals surface area contributed by atoms with Gasteiger partial charge in [0.2, 0.25) is 0 Å². The molecular formula is C11H18O4. The minimum atomic E-state index is -1.15. The van der Waals surface area contributed by atoms with Crippen molar-refractivity contribution in [2.45, 2.75) is 33.6 Å². The lowest BCUT2D eigenvalue weighted by molar-refractivity contribution is -0.139. The number of carboxylic acid groups (broad SMARTS) is 1. The lowest BCUT2D eigenvalue weighted by atomic mass is 9.91. The summed E-state index contributed by atoms with van der Waals surface area (Å²) in [5, 5.41) is 8.25. The maximum Gasteiger partial charge on any atom is 0.331 e. The third-order valence-electron chi connectivity index (χ3n) is 1.68. The smallest absolute Gasteiger partial charge is 0.331 e. The van der Waals surface area contributed by atoms with Crippen molar-refractivity contribution >= 4 is 11.9 Å². The first-order valence-electron chi connectivity index (χ1n) is 4.89. The summed E-state index contributed by atoms with van der Waals surface area (Å²) in [6.45, 7) is 6.66. The van der Waals surface area contributed by atoms with E-state index in [2.05, 4.69) is 20.8 Å². The Morgan fingerprint density at radius 1 is 1.27 bits per heavy atom. The van der Waals surface area contributed by atoms with Crippen LogP contribution in [0.2, 0.25) is 0 Å². The monoisotopic (exact) mass is 214 g/mol. The summed E-state index contributed by atoms with van der Waals surface area (Å²) in [6, 6.07) is 0. The van der Waals surface area contributed by atoms with E-state index >= 15 is 0 Å². The Hall–Kier alpha value is -1.32. The molecule has 86 valence electrons. The molecule has 0 unspecified atom stereocenters. The van der Waals surface area contributed by atoms with Crippen LogP contribution in [0.4, 0.5) is 0 Å². The van der Waals surface area contributed by atoms with Gasteiger partial charge in [-0.25, -0.2) is 9.59 Å². The van der Waals surface area contributed by atoms with Gasteiger partial charge < -0.3 is 9.84 Å². The Balaban J connectivity index is 3.61. The van der Waals surface area contributed by atoms with E-state index in [4.69, 9.17) is 9.84 Å². The molecule has 0 atom stereocenters. The Kier molecular flexibility index (Phi) is 5.67. The summed E-state index contributed by atoms with van der Waals surface area (Å²) in [5.41, 5.74) is 0.226. The van der Waals surface area contributed by atoms with Crippen LogP contribution < -0.4 is 0 Å². The van der Waals surface area contributed by atoms with Crippen LogP contribution in [0.1, 0.15) is 33.6 Å². The van der Waals surface area contributed by atoms with Crippen LogP contribution in [0.5, 0.6) is 0 Å². The molecule has 4 nitrogen and oxygen atoms in total. The maximum absolute atomic E-state index is 10.9. The molecule has 0 aromatic heterocycles. The minimum absolute atomic E-state index is 0.226. The van der Waals surface area contributed by atoms with Crippen molar-refractivity contribution in [3.05, 3.63) is 12.2 Å².